The third-order valence-electron chi connectivity index (χ3n) is 4.63. The standard InChI is InChI=1S/C20H22ClFN2O/c21-17-9-7-16(8-10-17)19-4-2-1-3-13-24(19)20(25)23-14-15-5-11-18(22)12-6-15/h5-12,19H,1-4,13-14H2,(H,23,25). The van der Waals surface area contributed by atoms with Crippen LogP contribution in [0.3, 0.4) is 0 Å². The maximum atomic E-state index is 13.0. The zero-order chi connectivity index (χ0) is 17.6. The first kappa shape index (κ1) is 17.7. The highest BCUT2D eigenvalue weighted by Gasteiger charge is 2.26. The van der Waals surface area contributed by atoms with E-state index in [1.165, 1.54) is 12.1 Å². The second kappa shape index (κ2) is 8.34. The highest BCUT2D eigenvalue weighted by Crippen LogP contribution is 2.30. The van der Waals surface area contributed by atoms with Crippen LogP contribution in [0.1, 0.15) is 42.9 Å². The predicted octanol–water partition coefficient (Wildman–Crippen LogP) is 5.31. The minimum absolute atomic E-state index is 0.0629. The maximum Gasteiger partial charge on any atom is 0.318 e. The number of nitrogens with one attached hydrogen (secondary N) is 1. The molecule has 0 aliphatic carbocycles. The van der Waals surface area contributed by atoms with Gasteiger partial charge in [0.2, 0.25) is 0 Å². The Bertz CT molecular complexity index is 703. The molecule has 1 heterocycles. The molecule has 2 aromatic carbocycles. The molecule has 1 aliphatic heterocycles. The Balaban J connectivity index is 1.70. The van der Waals surface area contributed by atoms with Crippen LogP contribution in [0.5, 0.6) is 0 Å². The lowest BCUT2D eigenvalue weighted by molar-refractivity contribution is 0.175. The minimum atomic E-state index is -0.273. The molecule has 0 spiro atoms. The van der Waals surface area contributed by atoms with Crippen LogP contribution in [0.25, 0.3) is 0 Å². The van der Waals surface area contributed by atoms with Gasteiger partial charge in [0, 0.05) is 18.1 Å². The Kier molecular flexibility index (Phi) is 5.92. The van der Waals surface area contributed by atoms with Crippen LogP contribution in [-0.4, -0.2) is 17.5 Å². The van der Waals surface area contributed by atoms with Gasteiger partial charge in [0.1, 0.15) is 5.82 Å². The second-order valence-corrected chi connectivity index (χ2v) is 6.83. The number of amides is 2. The van der Waals surface area contributed by atoms with Gasteiger partial charge in [0.05, 0.1) is 6.04 Å². The molecule has 1 aliphatic rings. The fourth-order valence-electron chi connectivity index (χ4n) is 3.26. The lowest BCUT2D eigenvalue weighted by atomic mass is 10.0. The summed E-state index contributed by atoms with van der Waals surface area (Å²) in [6.07, 6.45) is 4.19. The van der Waals surface area contributed by atoms with Crippen molar-refractivity contribution in [1.82, 2.24) is 10.2 Å². The molecule has 2 aromatic rings. The average Bonchev–Trinajstić information content (AvgIpc) is 2.88. The Hall–Kier alpha value is -2.07. The lowest BCUT2D eigenvalue weighted by Crippen LogP contribution is -2.41. The summed E-state index contributed by atoms with van der Waals surface area (Å²) >= 11 is 5.99. The summed E-state index contributed by atoms with van der Waals surface area (Å²) in [7, 11) is 0. The molecule has 3 rings (SSSR count). The number of halogens is 2. The molecule has 1 fully saturated rings. The minimum Gasteiger partial charge on any atom is -0.334 e. The van der Waals surface area contributed by atoms with Crippen LogP contribution < -0.4 is 5.32 Å². The summed E-state index contributed by atoms with van der Waals surface area (Å²) in [5, 5.41) is 3.66. The van der Waals surface area contributed by atoms with Gasteiger partial charge >= 0.3 is 6.03 Å². The maximum absolute atomic E-state index is 13.0. The summed E-state index contributed by atoms with van der Waals surface area (Å²) in [6.45, 7) is 1.13. The molecule has 1 atom stereocenters. The van der Waals surface area contributed by atoms with E-state index in [9.17, 15) is 9.18 Å². The highest BCUT2D eigenvalue weighted by molar-refractivity contribution is 6.30. The van der Waals surface area contributed by atoms with E-state index in [0.29, 0.717) is 11.6 Å². The molecule has 0 aromatic heterocycles. The van der Waals surface area contributed by atoms with Crippen molar-refractivity contribution in [2.75, 3.05) is 6.54 Å². The van der Waals surface area contributed by atoms with Crippen LogP contribution in [-0.2, 0) is 6.54 Å². The Morgan fingerprint density at radius 3 is 2.52 bits per heavy atom. The van der Waals surface area contributed by atoms with Crippen molar-refractivity contribution in [2.45, 2.75) is 38.3 Å². The zero-order valence-electron chi connectivity index (χ0n) is 14.1. The highest BCUT2D eigenvalue weighted by atomic mass is 35.5. The van der Waals surface area contributed by atoms with Crippen LogP contribution in [0.15, 0.2) is 48.5 Å². The number of urea groups is 1. The molecule has 0 saturated carbocycles. The van der Waals surface area contributed by atoms with E-state index in [1.807, 2.05) is 29.2 Å². The van der Waals surface area contributed by atoms with E-state index in [1.54, 1.807) is 12.1 Å². The van der Waals surface area contributed by atoms with Crippen molar-refractivity contribution in [1.29, 1.82) is 0 Å². The summed E-state index contributed by atoms with van der Waals surface area (Å²) < 4.78 is 13.0. The average molecular weight is 361 g/mol. The first-order valence-electron chi connectivity index (χ1n) is 8.68. The Morgan fingerprint density at radius 2 is 1.80 bits per heavy atom. The third kappa shape index (κ3) is 4.73. The monoisotopic (exact) mass is 360 g/mol. The Morgan fingerprint density at radius 1 is 1.08 bits per heavy atom. The van der Waals surface area contributed by atoms with E-state index in [-0.39, 0.29) is 17.9 Å². The van der Waals surface area contributed by atoms with Crippen LogP contribution in [0.2, 0.25) is 5.02 Å². The SMILES string of the molecule is O=C(NCc1ccc(F)cc1)N1CCCCCC1c1ccc(Cl)cc1. The molecular formula is C20H22ClFN2O. The molecule has 1 saturated heterocycles. The van der Waals surface area contributed by atoms with Crippen molar-refractivity contribution < 1.29 is 9.18 Å². The fraction of sp³-hybridized carbons (Fsp3) is 0.350. The van der Waals surface area contributed by atoms with E-state index >= 15 is 0 Å². The number of hydrogen-bond acceptors (Lipinski definition) is 1. The smallest absolute Gasteiger partial charge is 0.318 e. The van der Waals surface area contributed by atoms with E-state index in [4.69, 9.17) is 11.6 Å². The summed E-state index contributed by atoms with van der Waals surface area (Å²) in [5.74, 6) is -0.273. The van der Waals surface area contributed by atoms with Gasteiger partial charge < -0.3 is 10.2 Å². The number of likely N-dealkylation sites (tertiary alicyclic amines) is 1. The van der Waals surface area contributed by atoms with Gasteiger partial charge in [-0.3, -0.25) is 0 Å². The van der Waals surface area contributed by atoms with Crippen molar-refractivity contribution in [3.8, 4) is 0 Å². The number of rotatable bonds is 3. The first-order chi connectivity index (χ1) is 12.1. The van der Waals surface area contributed by atoms with Gasteiger partial charge in [-0.25, -0.2) is 9.18 Å². The van der Waals surface area contributed by atoms with Gasteiger partial charge in [-0.2, -0.15) is 0 Å². The van der Waals surface area contributed by atoms with Crippen molar-refractivity contribution >= 4 is 17.6 Å². The third-order valence-corrected chi connectivity index (χ3v) is 4.88. The van der Waals surface area contributed by atoms with Gasteiger partial charge in [-0.05, 0) is 48.2 Å². The molecule has 3 nitrogen and oxygen atoms in total. The first-order valence-corrected chi connectivity index (χ1v) is 9.05. The number of nitrogens with zero attached hydrogens (tertiary/aromatic N) is 1. The molecule has 5 heteroatoms. The van der Waals surface area contributed by atoms with Crippen molar-refractivity contribution in [3.05, 3.63) is 70.5 Å². The van der Waals surface area contributed by atoms with E-state index in [2.05, 4.69) is 5.32 Å². The molecule has 1 unspecified atom stereocenters. The van der Waals surface area contributed by atoms with Crippen LogP contribution in [0.4, 0.5) is 9.18 Å². The van der Waals surface area contributed by atoms with E-state index in [0.717, 1.165) is 43.4 Å². The molecule has 132 valence electrons. The van der Waals surface area contributed by atoms with Gasteiger partial charge in [0.15, 0.2) is 0 Å². The fourth-order valence-corrected chi connectivity index (χ4v) is 3.39. The van der Waals surface area contributed by atoms with Gasteiger partial charge in [0.25, 0.3) is 0 Å². The van der Waals surface area contributed by atoms with Crippen LogP contribution >= 0.6 is 11.6 Å². The number of benzene rings is 2. The molecular weight excluding hydrogens is 339 g/mol. The second-order valence-electron chi connectivity index (χ2n) is 6.40. The molecule has 2 amide bonds. The zero-order valence-corrected chi connectivity index (χ0v) is 14.8. The summed E-state index contributed by atoms with van der Waals surface area (Å²) in [4.78, 5) is 14.7. The van der Waals surface area contributed by atoms with Crippen molar-refractivity contribution in [2.24, 2.45) is 0 Å². The molecule has 0 bridgehead atoms. The lowest BCUT2D eigenvalue weighted by Gasteiger charge is -2.30. The number of hydrogen-bond donors (Lipinski definition) is 1. The number of carbonyl (C=O) groups excluding carboxylic acids is 1. The normalized spacial score (nSPS) is 17.8. The number of carbonyl (C=O) groups is 1. The summed E-state index contributed by atoms with van der Waals surface area (Å²) in [6, 6.07) is 13.9. The van der Waals surface area contributed by atoms with Gasteiger partial charge in [-0.1, -0.05) is 48.7 Å². The summed E-state index contributed by atoms with van der Waals surface area (Å²) in [5.41, 5.74) is 2.00. The molecule has 25 heavy (non-hydrogen) atoms. The van der Waals surface area contributed by atoms with Crippen molar-refractivity contribution in [3.63, 3.8) is 0 Å². The Labute approximate surface area is 152 Å². The molecule has 1 N–H and O–H groups in total. The largest absolute Gasteiger partial charge is 0.334 e. The van der Waals surface area contributed by atoms with E-state index < -0.39 is 0 Å². The van der Waals surface area contributed by atoms with Gasteiger partial charge in [-0.15, -0.1) is 0 Å². The topological polar surface area (TPSA) is 32.3 Å². The quantitative estimate of drug-likeness (QED) is 0.790. The molecule has 0 radical (unpaired) electrons. The van der Waals surface area contributed by atoms with Crippen LogP contribution in [0, 0.1) is 5.82 Å². The predicted molar refractivity (Wildman–Crippen MR) is 98.0 cm³/mol.